The maximum Gasteiger partial charge on any atom is 0.105 e. The van der Waals surface area contributed by atoms with Gasteiger partial charge in [0.05, 0.1) is 5.75 Å². The zero-order chi connectivity index (χ0) is 12.1. The highest BCUT2D eigenvalue weighted by Gasteiger charge is 2.15. The molecule has 1 saturated carbocycles. The van der Waals surface area contributed by atoms with E-state index in [9.17, 15) is 4.21 Å². The van der Waals surface area contributed by atoms with Crippen molar-refractivity contribution >= 4 is 22.1 Å². The molecule has 0 saturated heterocycles. The number of thiazole rings is 1. The third-order valence-electron chi connectivity index (χ3n) is 3.41. The molecule has 1 aliphatic rings. The number of aromatic nitrogens is 1. The van der Waals surface area contributed by atoms with Gasteiger partial charge >= 0.3 is 0 Å². The number of nitrogens with zero attached hydrogens (tertiary/aromatic N) is 1. The summed E-state index contributed by atoms with van der Waals surface area (Å²) in [6, 6.07) is 0. The fourth-order valence-electron chi connectivity index (χ4n) is 2.51. The van der Waals surface area contributed by atoms with E-state index in [1.165, 1.54) is 37.0 Å². The van der Waals surface area contributed by atoms with Crippen LogP contribution in [0.4, 0.5) is 0 Å². The average molecular weight is 271 g/mol. The van der Waals surface area contributed by atoms with Crippen molar-refractivity contribution in [3.05, 3.63) is 16.1 Å². The molecule has 0 bridgehead atoms. The third-order valence-corrected chi connectivity index (χ3v) is 5.85. The summed E-state index contributed by atoms with van der Waals surface area (Å²) in [5.74, 6) is 2.44. The van der Waals surface area contributed by atoms with Gasteiger partial charge in [0.25, 0.3) is 0 Å². The van der Waals surface area contributed by atoms with Gasteiger partial charge in [-0.2, -0.15) is 0 Å². The first-order valence-corrected chi connectivity index (χ1v) is 8.81. The van der Waals surface area contributed by atoms with Gasteiger partial charge in [0.2, 0.25) is 0 Å². The molecule has 0 radical (unpaired) electrons. The minimum absolute atomic E-state index is 0.656. The van der Waals surface area contributed by atoms with Crippen LogP contribution in [0.15, 0.2) is 6.20 Å². The number of hydrogen-bond acceptors (Lipinski definition) is 3. The van der Waals surface area contributed by atoms with E-state index < -0.39 is 10.8 Å². The lowest BCUT2D eigenvalue weighted by atomic mass is 10.0. The van der Waals surface area contributed by atoms with Gasteiger partial charge in [0.15, 0.2) is 0 Å². The molecule has 0 unspecified atom stereocenters. The van der Waals surface area contributed by atoms with Gasteiger partial charge in [-0.1, -0.05) is 25.7 Å². The molecule has 1 atom stereocenters. The second kappa shape index (κ2) is 6.64. The van der Waals surface area contributed by atoms with Crippen LogP contribution in [0.2, 0.25) is 0 Å². The normalized spacial score (nSPS) is 18.6. The van der Waals surface area contributed by atoms with Crippen molar-refractivity contribution in [1.29, 1.82) is 0 Å². The summed E-state index contributed by atoms with van der Waals surface area (Å²) in [4.78, 5) is 5.48. The predicted molar refractivity (Wildman–Crippen MR) is 74.8 cm³/mol. The highest BCUT2D eigenvalue weighted by molar-refractivity contribution is 7.84. The molecule has 1 aromatic rings. The Balaban J connectivity index is 1.63. The molecule has 1 fully saturated rings. The molecule has 1 heterocycles. The summed E-state index contributed by atoms with van der Waals surface area (Å²) >= 11 is 1.67. The fraction of sp³-hybridized carbons (Fsp3) is 0.769. The van der Waals surface area contributed by atoms with Crippen LogP contribution in [0.1, 0.15) is 48.4 Å². The van der Waals surface area contributed by atoms with E-state index in [1.54, 1.807) is 11.3 Å². The lowest BCUT2D eigenvalue weighted by molar-refractivity contribution is 0.497. The van der Waals surface area contributed by atoms with Crippen LogP contribution >= 0.6 is 11.3 Å². The summed E-state index contributed by atoms with van der Waals surface area (Å²) in [5, 5.41) is 1.03. The summed E-state index contributed by atoms with van der Waals surface area (Å²) in [5.41, 5.74) is 0. The van der Waals surface area contributed by atoms with Crippen molar-refractivity contribution in [1.82, 2.24) is 4.98 Å². The zero-order valence-electron chi connectivity index (χ0n) is 10.5. The summed E-state index contributed by atoms with van der Waals surface area (Å²) in [7, 11) is -0.710. The van der Waals surface area contributed by atoms with Crippen molar-refractivity contribution in [3.8, 4) is 0 Å². The van der Waals surface area contributed by atoms with Crippen molar-refractivity contribution < 1.29 is 4.21 Å². The minimum Gasteiger partial charge on any atom is -0.259 e. The van der Waals surface area contributed by atoms with Crippen LogP contribution in [-0.2, 0) is 16.6 Å². The third kappa shape index (κ3) is 4.51. The molecule has 0 aromatic carbocycles. The van der Waals surface area contributed by atoms with Crippen molar-refractivity contribution in [3.63, 3.8) is 0 Å². The van der Waals surface area contributed by atoms with E-state index >= 15 is 0 Å². The lowest BCUT2D eigenvalue weighted by Gasteiger charge is -2.07. The van der Waals surface area contributed by atoms with Crippen LogP contribution < -0.4 is 0 Å². The molecular formula is C13H21NOS2. The average Bonchev–Trinajstić information content (AvgIpc) is 2.90. The van der Waals surface area contributed by atoms with Crippen LogP contribution in [-0.4, -0.2) is 14.9 Å². The second-order valence-electron chi connectivity index (χ2n) is 4.95. The Kier molecular flexibility index (Phi) is 5.16. The van der Waals surface area contributed by atoms with Gasteiger partial charge in [0.1, 0.15) is 5.01 Å². The van der Waals surface area contributed by atoms with Crippen molar-refractivity contribution in [2.75, 3.05) is 5.75 Å². The standard InChI is InChI=1S/C13H21NOS2/c1-11-9-14-13(16-11)10-17(15)8-4-7-12-5-2-3-6-12/h9,12H,2-8,10H2,1H3/t17-/m0/s1. The first-order chi connectivity index (χ1) is 8.24. The molecule has 2 nitrogen and oxygen atoms in total. The van der Waals surface area contributed by atoms with Crippen LogP contribution in [0.3, 0.4) is 0 Å². The molecule has 0 aliphatic heterocycles. The zero-order valence-corrected chi connectivity index (χ0v) is 12.1. The smallest absolute Gasteiger partial charge is 0.105 e. The molecule has 0 spiro atoms. The van der Waals surface area contributed by atoms with Gasteiger partial charge in [0, 0.05) is 27.6 Å². The van der Waals surface area contributed by atoms with Gasteiger partial charge in [-0.25, -0.2) is 4.98 Å². The molecule has 0 N–H and O–H groups in total. The largest absolute Gasteiger partial charge is 0.259 e. The van der Waals surface area contributed by atoms with E-state index in [1.807, 2.05) is 13.1 Å². The molecule has 0 amide bonds. The molecule has 4 heteroatoms. The van der Waals surface area contributed by atoms with E-state index in [2.05, 4.69) is 4.98 Å². The molecule has 1 aliphatic carbocycles. The van der Waals surface area contributed by atoms with Gasteiger partial charge in [-0.3, -0.25) is 4.21 Å². The quantitative estimate of drug-likeness (QED) is 0.790. The first-order valence-electron chi connectivity index (χ1n) is 6.50. The Morgan fingerprint density at radius 2 is 2.24 bits per heavy atom. The lowest BCUT2D eigenvalue weighted by Crippen LogP contribution is -2.03. The first kappa shape index (κ1) is 13.2. The van der Waals surface area contributed by atoms with Crippen LogP contribution in [0.5, 0.6) is 0 Å². The Bertz CT molecular complexity index is 369. The SMILES string of the molecule is Cc1cnc(C[S@@](=O)CCCC2CCCC2)s1. The Morgan fingerprint density at radius 1 is 1.47 bits per heavy atom. The summed E-state index contributed by atoms with van der Waals surface area (Å²) < 4.78 is 11.9. The van der Waals surface area contributed by atoms with E-state index in [0.29, 0.717) is 5.75 Å². The highest BCUT2D eigenvalue weighted by atomic mass is 32.2. The molecule has 1 aromatic heterocycles. The Morgan fingerprint density at radius 3 is 2.88 bits per heavy atom. The summed E-state index contributed by atoms with van der Waals surface area (Å²) in [6.45, 7) is 2.05. The van der Waals surface area contributed by atoms with Crippen LogP contribution in [0, 0.1) is 12.8 Å². The molecule has 2 rings (SSSR count). The van der Waals surface area contributed by atoms with E-state index in [0.717, 1.165) is 23.1 Å². The number of hydrogen-bond donors (Lipinski definition) is 0. The van der Waals surface area contributed by atoms with Gasteiger partial charge < -0.3 is 0 Å². The van der Waals surface area contributed by atoms with Crippen LogP contribution in [0.25, 0.3) is 0 Å². The van der Waals surface area contributed by atoms with Gasteiger partial charge in [-0.15, -0.1) is 11.3 Å². The monoisotopic (exact) mass is 271 g/mol. The number of aryl methyl sites for hydroxylation is 1. The second-order valence-corrected chi connectivity index (χ2v) is 7.84. The Labute approximate surface area is 110 Å². The fourth-order valence-corrected chi connectivity index (χ4v) is 4.71. The maximum absolute atomic E-state index is 11.9. The van der Waals surface area contributed by atoms with Crippen molar-refractivity contribution in [2.45, 2.75) is 51.2 Å². The van der Waals surface area contributed by atoms with E-state index in [4.69, 9.17) is 0 Å². The summed E-state index contributed by atoms with van der Waals surface area (Å²) in [6.07, 6.45) is 9.90. The highest BCUT2D eigenvalue weighted by Crippen LogP contribution is 2.28. The maximum atomic E-state index is 11.9. The number of rotatable bonds is 6. The molecular weight excluding hydrogens is 250 g/mol. The van der Waals surface area contributed by atoms with E-state index in [-0.39, 0.29) is 0 Å². The topological polar surface area (TPSA) is 30.0 Å². The predicted octanol–water partition coefficient (Wildman–Crippen LogP) is 3.67. The minimum atomic E-state index is -0.710. The Hall–Kier alpha value is -0.220. The van der Waals surface area contributed by atoms with Gasteiger partial charge in [-0.05, 0) is 25.7 Å². The van der Waals surface area contributed by atoms with Crippen molar-refractivity contribution in [2.24, 2.45) is 5.92 Å². The molecule has 17 heavy (non-hydrogen) atoms. The molecule has 96 valence electrons.